The largest absolute Gasteiger partial charge is 0.456 e. The van der Waals surface area contributed by atoms with Gasteiger partial charge in [-0.1, -0.05) is 117 Å². The van der Waals surface area contributed by atoms with Gasteiger partial charge in [0.15, 0.2) is 17.5 Å². The van der Waals surface area contributed by atoms with Gasteiger partial charge < -0.3 is 8.83 Å². The molecule has 5 nitrogen and oxygen atoms in total. The minimum absolute atomic E-state index is 0.0935. The lowest BCUT2D eigenvalue weighted by molar-refractivity contribution is 0.660. The number of hydrogen-bond acceptors (Lipinski definition) is 6. The summed E-state index contributed by atoms with van der Waals surface area (Å²) in [4.78, 5) is 15.9. The molecule has 0 fully saturated rings. The zero-order valence-electron chi connectivity index (χ0n) is 32.7. The third-order valence-corrected chi connectivity index (χ3v) is 13.7. The summed E-state index contributed by atoms with van der Waals surface area (Å²) in [5, 5.41) is 6.40. The quantitative estimate of drug-likeness (QED) is 0.178. The Morgan fingerprint density at radius 3 is 1.75 bits per heavy atom. The lowest BCUT2D eigenvalue weighted by atomic mass is 9.81. The van der Waals surface area contributed by atoms with Crippen molar-refractivity contribution in [3.63, 3.8) is 0 Å². The number of furan rings is 2. The Morgan fingerprint density at radius 1 is 0.383 bits per heavy atom. The summed E-state index contributed by atoms with van der Waals surface area (Å²) < 4.78 is 15.4. The Bertz CT molecular complexity index is 3770. The molecular weight excluding hydrogens is 755 g/mol. The number of fused-ring (bicyclic) bond motifs is 12. The van der Waals surface area contributed by atoms with Crippen LogP contribution in [0, 0.1) is 0 Å². The minimum Gasteiger partial charge on any atom is -0.456 e. The van der Waals surface area contributed by atoms with Gasteiger partial charge in [0.25, 0.3) is 0 Å². The fourth-order valence-corrected chi connectivity index (χ4v) is 10.7. The Kier molecular flexibility index (Phi) is 6.88. The molecule has 13 rings (SSSR count). The molecule has 12 aromatic rings. The molecule has 4 aromatic heterocycles. The SMILES string of the molecule is CC1(C)c2ccccc2-c2ccc(-c3ccc4oc5cccc(-c6nc(-c7ccc8sc9ccccc9c8c7)nc(-c7cccc8oc9ccccc9c78)n6)c5c4c3)cc21. The summed E-state index contributed by atoms with van der Waals surface area (Å²) in [6, 6.07) is 57.7. The summed E-state index contributed by atoms with van der Waals surface area (Å²) in [7, 11) is 0. The van der Waals surface area contributed by atoms with Gasteiger partial charge in [-0.2, -0.15) is 0 Å². The highest BCUT2D eigenvalue weighted by atomic mass is 32.1. The second-order valence-corrected chi connectivity index (χ2v) is 17.4. The summed E-state index contributed by atoms with van der Waals surface area (Å²) >= 11 is 1.80. The molecule has 0 N–H and O–H groups in total. The molecule has 0 unspecified atom stereocenters. The molecule has 60 heavy (non-hydrogen) atoms. The van der Waals surface area contributed by atoms with Crippen LogP contribution in [0.25, 0.3) is 120 Å². The molecule has 282 valence electrons. The number of benzene rings is 8. The second-order valence-electron chi connectivity index (χ2n) is 16.3. The van der Waals surface area contributed by atoms with Crippen LogP contribution in [0.15, 0.2) is 173 Å². The first-order valence-electron chi connectivity index (χ1n) is 20.3. The fourth-order valence-electron chi connectivity index (χ4n) is 9.65. The Hall–Kier alpha value is -7.41. The molecule has 0 spiro atoms. The van der Waals surface area contributed by atoms with Crippen molar-refractivity contribution in [1.29, 1.82) is 0 Å². The first-order valence-corrected chi connectivity index (χ1v) is 21.1. The van der Waals surface area contributed by atoms with E-state index in [9.17, 15) is 0 Å². The first kappa shape index (κ1) is 33.6. The van der Waals surface area contributed by atoms with Crippen molar-refractivity contribution in [2.24, 2.45) is 0 Å². The molecule has 0 bridgehead atoms. The van der Waals surface area contributed by atoms with E-state index in [4.69, 9.17) is 23.8 Å². The zero-order valence-corrected chi connectivity index (χ0v) is 33.5. The normalized spacial score (nSPS) is 13.3. The fraction of sp³-hybridized carbons (Fsp3) is 0.0556. The highest BCUT2D eigenvalue weighted by molar-refractivity contribution is 7.25. The number of para-hydroxylation sites is 1. The lowest BCUT2D eigenvalue weighted by Crippen LogP contribution is -2.14. The van der Waals surface area contributed by atoms with E-state index in [1.54, 1.807) is 11.3 Å². The molecule has 0 radical (unpaired) electrons. The van der Waals surface area contributed by atoms with Gasteiger partial charge in [-0.3, -0.25) is 0 Å². The van der Waals surface area contributed by atoms with Gasteiger partial charge in [0.2, 0.25) is 0 Å². The van der Waals surface area contributed by atoms with Crippen molar-refractivity contribution < 1.29 is 8.83 Å². The van der Waals surface area contributed by atoms with E-state index < -0.39 is 0 Å². The van der Waals surface area contributed by atoms with Crippen LogP contribution >= 0.6 is 11.3 Å². The predicted molar refractivity (Wildman–Crippen MR) is 247 cm³/mol. The number of hydrogen-bond donors (Lipinski definition) is 0. The molecule has 0 amide bonds. The van der Waals surface area contributed by atoms with Gasteiger partial charge >= 0.3 is 0 Å². The van der Waals surface area contributed by atoms with E-state index in [-0.39, 0.29) is 5.41 Å². The monoisotopic (exact) mass is 787 g/mol. The van der Waals surface area contributed by atoms with Crippen LogP contribution in [0.3, 0.4) is 0 Å². The summed E-state index contributed by atoms with van der Waals surface area (Å²) in [6.07, 6.45) is 0. The average Bonchev–Trinajstić information content (AvgIpc) is 4.04. The topological polar surface area (TPSA) is 65.0 Å². The van der Waals surface area contributed by atoms with Crippen LogP contribution in [0.5, 0.6) is 0 Å². The highest BCUT2D eigenvalue weighted by Gasteiger charge is 2.35. The Morgan fingerprint density at radius 2 is 0.933 bits per heavy atom. The highest BCUT2D eigenvalue weighted by Crippen LogP contribution is 2.50. The van der Waals surface area contributed by atoms with E-state index in [0.717, 1.165) is 66.1 Å². The third kappa shape index (κ3) is 4.82. The molecule has 0 atom stereocenters. The van der Waals surface area contributed by atoms with Crippen LogP contribution in [0.2, 0.25) is 0 Å². The maximum atomic E-state index is 6.58. The number of nitrogens with zero attached hydrogens (tertiary/aromatic N) is 3. The Balaban J connectivity index is 1.03. The first-order chi connectivity index (χ1) is 29.5. The van der Waals surface area contributed by atoms with Gasteiger partial charge in [0, 0.05) is 63.8 Å². The van der Waals surface area contributed by atoms with E-state index in [1.165, 1.54) is 48.0 Å². The van der Waals surface area contributed by atoms with Crippen molar-refractivity contribution in [3.05, 3.63) is 175 Å². The molecule has 0 aliphatic heterocycles. The molecule has 8 aromatic carbocycles. The number of aromatic nitrogens is 3. The van der Waals surface area contributed by atoms with Crippen molar-refractivity contribution in [2.75, 3.05) is 0 Å². The van der Waals surface area contributed by atoms with Gasteiger partial charge in [0.05, 0.1) is 0 Å². The predicted octanol–water partition coefficient (Wildman–Crippen LogP) is 15.0. The van der Waals surface area contributed by atoms with Gasteiger partial charge in [-0.05, 0) is 94.0 Å². The molecular formula is C54H33N3O2S. The van der Waals surface area contributed by atoms with Crippen LogP contribution in [-0.2, 0) is 5.41 Å². The third-order valence-electron chi connectivity index (χ3n) is 12.6. The standard InChI is InChI=1S/C54H33N3O2S/c1-54(2)41-16-6-3-11-33(41)34-24-21-31(29-42(34)54)30-22-25-44-40(27-30)50-38(15-10-19-46(50)59-44)53-56-51(32-23-26-48-39(28-32)35-12-5-8-20-47(35)60-48)55-52(57-53)37-14-9-18-45-49(37)36-13-4-7-17-43(36)58-45/h3-29H,1-2H3. The van der Waals surface area contributed by atoms with Crippen molar-refractivity contribution in [1.82, 2.24) is 15.0 Å². The van der Waals surface area contributed by atoms with E-state index in [1.807, 2.05) is 42.5 Å². The molecule has 0 saturated heterocycles. The minimum atomic E-state index is -0.0935. The smallest absolute Gasteiger partial charge is 0.164 e. The molecule has 1 aliphatic carbocycles. The lowest BCUT2D eigenvalue weighted by Gasteiger charge is -2.22. The summed E-state index contributed by atoms with van der Waals surface area (Å²) in [5.41, 5.74) is 13.4. The van der Waals surface area contributed by atoms with Gasteiger partial charge in [-0.25, -0.2) is 15.0 Å². The van der Waals surface area contributed by atoms with Crippen LogP contribution in [-0.4, -0.2) is 15.0 Å². The maximum Gasteiger partial charge on any atom is 0.164 e. The average molecular weight is 788 g/mol. The van der Waals surface area contributed by atoms with Gasteiger partial charge in [0.1, 0.15) is 22.3 Å². The van der Waals surface area contributed by atoms with Crippen LogP contribution < -0.4 is 0 Å². The number of rotatable bonds is 4. The second kappa shape index (κ2) is 12.3. The van der Waals surface area contributed by atoms with E-state index in [0.29, 0.717) is 17.5 Å². The number of thiophene rings is 1. The summed E-state index contributed by atoms with van der Waals surface area (Å²) in [6.45, 7) is 4.65. The summed E-state index contributed by atoms with van der Waals surface area (Å²) in [5.74, 6) is 1.75. The Labute approximate surface area is 348 Å². The molecule has 1 aliphatic rings. The van der Waals surface area contributed by atoms with Crippen LogP contribution in [0.4, 0.5) is 0 Å². The van der Waals surface area contributed by atoms with E-state index >= 15 is 0 Å². The molecule has 6 heteroatoms. The zero-order chi connectivity index (χ0) is 39.7. The van der Waals surface area contributed by atoms with Crippen molar-refractivity contribution in [3.8, 4) is 56.4 Å². The molecule has 0 saturated carbocycles. The van der Waals surface area contributed by atoms with Crippen LogP contribution in [0.1, 0.15) is 25.0 Å². The van der Waals surface area contributed by atoms with Crippen molar-refractivity contribution in [2.45, 2.75) is 19.3 Å². The maximum absolute atomic E-state index is 6.58. The van der Waals surface area contributed by atoms with Crippen molar-refractivity contribution >= 4 is 75.4 Å². The van der Waals surface area contributed by atoms with Gasteiger partial charge in [-0.15, -0.1) is 11.3 Å². The van der Waals surface area contributed by atoms with E-state index in [2.05, 4.69) is 135 Å². The molecule has 4 heterocycles.